The topological polar surface area (TPSA) is 94.6 Å². The predicted molar refractivity (Wildman–Crippen MR) is 130 cm³/mol. The fourth-order valence-corrected chi connectivity index (χ4v) is 4.54. The van der Waals surface area contributed by atoms with Gasteiger partial charge in [0.05, 0.1) is 17.8 Å². The number of benzene rings is 2. The molecule has 2 atom stereocenters. The molecule has 0 fully saturated rings. The van der Waals surface area contributed by atoms with E-state index in [9.17, 15) is 27.9 Å². The highest BCUT2D eigenvalue weighted by molar-refractivity contribution is 6.31. The van der Waals surface area contributed by atoms with E-state index in [2.05, 4.69) is 4.98 Å². The Hall–Kier alpha value is -3.63. The second kappa shape index (κ2) is 9.68. The number of alkyl halides is 3. The lowest BCUT2D eigenvalue weighted by atomic mass is 9.77. The summed E-state index contributed by atoms with van der Waals surface area (Å²) >= 11 is 6.44. The molecule has 0 aliphatic rings. The van der Waals surface area contributed by atoms with Crippen molar-refractivity contribution in [1.82, 2.24) is 9.55 Å². The van der Waals surface area contributed by atoms with Crippen LogP contribution in [0.15, 0.2) is 63.8 Å². The van der Waals surface area contributed by atoms with Crippen LogP contribution in [-0.4, -0.2) is 33.4 Å². The standard InChI is InChI=1S/C26H22ClF3N2O5/c1-4-36-23(33)20-7-5-6-19(31-20)15-8-10-17(18(27)12-15)14(2)25(35,26(28,29)30)16-9-11-22-21(13-16)32(3)24(34)37-22/h5-14,35H,4H2,1-3H3/t14-,25-/m1/s1. The van der Waals surface area contributed by atoms with Crippen LogP contribution in [0.1, 0.15) is 41.4 Å². The van der Waals surface area contributed by atoms with E-state index in [1.54, 1.807) is 19.1 Å². The lowest BCUT2D eigenvalue weighted by molar-refractivity contribution is -0.274. The molecule has 11 heteroatoms. The molecule has 2 heterocycles. The Labute approximate surface area is 214 Å². The van der Waals surface area contributed by atoms with Gasteiger partial charge in [-0.1, -0.05) is 42.8 Å². The van der Waals surface area contributed by atoms with E-state index in [1.807, 2.05) is 0 Å². The molecule has 0 amide bonds. The number of rotatable bonds is 6. The number of aryl methyl sites for hydroxylation is 1. The molecule has 0 bridgehead atoms. The average molecular weight is 535 g/mol. The Balaban J connectivity index is 1.77. The van der Waals surface area contributed by atoms with Crippen molar-refractivity contribution in [2.45, 2.75) is 31.5 Å². The number of carbonyl (C=O) groups is 1. The van der Waals surface area contributed by atoms with Gasteiger partial charge in [-0.15, -0.1) is 0 Å². The summed E-state index contributed by atoms with van der Waals surface area (Å²) < 4.78 is 54.4. The first-order valence-electron chi connectivity index (χ1n) is 11.2. The van der Waals surface area contributed by atoms with Gasteiger partial charge in [0.1, 0.15) is 5.69 Å². The monoisotopic (exact) mass is 534 g/mol. The molecule has 1 N–H and O–H groups in total. The predicted octanol–water partition coefficient (Wildman–Crippen LogP) is 5.58. The largest absolute Gasteiger partial charge is 0.461 e. The van der Waals surface area contributed by atoms with Crippen molar-refractivity contribution in [2.75, 3.05) is 6.61 Å². The van der Waals surface area contributed by atoms with Gasteiger partial charge in [0.25, 0.3) is 0 Å². The third kappa shape index (κ3) is 4.62. The third-order valence-corrected chi connectivity index (χ3v) is 6.61. The van der Waals surface area contributed by atoms with Crippen LogP contribution in [0.25, 0.3) is 22.4 Å². The van der Waals surface area contributed by atoms with Gasteiger partial charge in [-0.05, 0) is 48.4 Å². The van der Waals surface area contributed by atoms with Gasteiger partial charge in [-0.25, -0.2) is 14.6 Å². The van der Waals surface area contributed by atoms with Crippen molar-refractivity contribution in [3.63, 3.8) is 0 Å². The number of nitrogens with zero attached hydrogens (tertiary/aromatic N) is 2. The quantitative estimate of drug-likeness (QED) is 0.325. The number of aromatic nitrogens is 2. The molecule has 2 aromatic carbocycles. The molecule has 0 aliphatic heterocycles. The highest BCUT2D eigenvalue weighted by atomic mass is 35.5. The van der Waals surface area contributed by atoms with E-state index in [0.717, 1.165) is 16.7 Å². The van der Waals surface area contributed by atoms with Gasteiger partial charge in [0.2, 0.25) is 0 Å². The van der Waals surface area contributed by atoms with Gasteiger partial charge in [0.15, 0.2) is 11.2 Å². The first kappa shape index (κ1) is 26.4. The first-order chi connectivity index (χ1) is 17.4. The zero-order valence-corrected chi connectivity index (χ0v) is 20.7. The van der Waals surface area contributed by atoms with E-state index in [0.29, 0.717) is 11.3 Å². The minimum atomic E-state index is -5.10. The minimum Gasteiger partial charge on any atom is -0.461 e. The van der Waals surface area contributed by atoms with E-state index in [4.69, 9.17) is 20.8 Å². The van der Waals surface area contributed by atoms with E-state index in [1.165, 1.54) is 44.3 Å². The molecule has 7 nitrogen and oxygen atoms in total. The normalized spacial score (nSPS) is 14.4. The number of aliphatic hydroxyl groups is 1. The lowest BCUT2D eigenvalue weighted by Gasteiger charge is -2.37. The minimum absolute atomic E-state index is 0.0344. The first-order valence-corrected chi connectivity index (χ1v) is 11.6. The van der Waals surface area contributed by atoms with Crippen molar-refractivity contribution >= 4 is 28.7 Å². The smallest absolute Gasteiger partial charge is 0.422 e. The van der Waals surface area contributed by atoms with Crippen molar-refractivity contribution in [1.29, 1.82) is 0 Å². The summed E-state index contributed by atoms with van der Waals surface area (Å²) in [6, 6.07) is 12.4. The zero-order valence-electron chi connectivity index (χ0n) is 20.0. The molecule has 0 unspecified atom stereocenters. The van der Waals surface area contributed by atoms with E-state index >= 15 is 0 Å². The summed E-state index contributed by atoms with van der Waals surface area (Å²) in [7, 11) is 1.36. The number of carbonyl (C=O) groups excluding carboxylic acids is 1. The maximum absolute atomic E-state index is 14.5. The number of ether oxygens (including phenoxy) is 1. The lowest BCUT2D eigenvalue weighted by Crippen LogP contribution is -2.46. The molecular weight excluding hydrogens is 513 g/mol. The maximum atomic E-state index is 14.5. The molecule has 0 spiro atoms. The number of hydrogen-bond donors (Lipinski definition) is 1. The van der Waals surface area contributed by atoms with Gasteiger partial charge < -0.3 is 14.3 Å². The Morgan fingerprint density at radius 3 is 2.57 bits per heavy atom. The third-order valence-electron chi connectivity index (χ3n) is 6.29. The van der Waals surface area contributed by atoms with Gasteiger partial charge in [-0.2, -0.15) is 13.2 Å². The van der Waals surface area contributed by atoms with Crippen LogP contribution in [-0.2, 0) is 17.4 Å². The molecule has 37 heavy (non-hydrogen) atoms. The SMILES string of the molecule is CCOC(=O)c1cccc(-c2ccc([C@@H](C)[C@@](O)(c3ccc4oc(=O)n(C)c4c3)C(F)(F)F)c(Cl)c2)n1. The number of fused-ring (bicyclic) bond motifs is 1. The zero-order chi connectivity index (χ0) is 27.1. The Morgan fingerprint density at radius 2 is 1.92 bits per heavy atom. The van der Waals surface area contributed by atoms with E-state index < -0.39 is 35.0 Å². The van der Waals surface area contributed by atoms with Crippen molar-refractivity contribution in [3.8, 4) is 11.3 Å². The highest BCUT2D eigenvalue weighted by Crippen LogP contribution is 2.50. The summed E-state index contributed by atoms with van der Waals surface area (Å²) in [6.07, 6.45) is -5.10. The number of hydrogen-bond acceptors (Lipinski definition) is 6. The number of oxazole rings is 1. The van der Waals surface area contributed by atoms with Crippen LogP contribution >= 0.6 is 11.6 Å². The summed E-state index contributed by atoms with van der Waals surface area (Å²) in [4.78, 5) is 28.1. The second-order valence-electron chi connectivity index (χ2n) is 8.46. The maximum Gasteiger partial charge on any atom is 0.422 e. The molecule has 4 aromatic rings. The Morgan fingerprint density at radius 1 is 1.19 bits per heavy atom. The summed E-state index contributed by atoms with van der Waals surface area (Å²) in [6.45, 7) is 3.06. The van der Waals surface area contributed by atoms with Crippen LogP contribution in [0, 0.1) is 0 Å². The molecule has 2 aromatic heterocycles. The summed E-state index contributed by atoms with van der Waals surface area (Å²) in [5, 5.41) is 11.2. The summed E-state index contributed by atoms with van der Waals surface area (Å²) in [5.74, 6) is -2.90. The highest BCUT2D eigenvalue weighted by Gasteiger charge is 2.59. The molecular formula is C26H22ClF3N2O5. The number of pyridine rings is 1. The fourth-order valence-electron chi connectivity index (χ4n) is 4.20. The van der Waals surface area contributed by atoms with E-state index in [-0.39, 0.29) is 34.0 Å². The molecule has 0 saturated heterocycles. The average Bonchev–Trinajstić information content (AvgIpc) is 3.15. The van der Waals surface area contributed by atoms with Crippen molar-refractivity contribution < 1.29 is 32.2 Å². The van der Waals surface area contributed by atoms with Crippen LogP contribution in [0.2, 0.25) is 5.02 Å². The van der Waals surface area contributed by atoms with Crippen LogP contribution in [0.4, 0.5) is 13.2 Å². The molecule has 194 valence electrons. The Bertz CT molecular complexity index is 1550. The number of halogens is 4. The Kier molecular flexibility index (Phi) is 6.91. The fraction of sp³-hybridized carbons (Fsp3) is 0.269. The van der Waals surface area contributed by atoms with Crippen molar-refractivity contribution in [2.24, 2.45) is 7.05 Å². The van der Waals surface area contributed by atoms with Gasteiger partial charge >= 0.3 is 17.9 Å². The van der Waals surface area contributed by atoms with Crippen LogP contribution in [0.5, 0.6) is 0 Å². The summed E-state index contributed by atoms with van der Waals surface area (Å²) in [5.41, 5.74) is -2.69. The van der Waals surface area contributed by atoms with Crippen molar-refractivity contribution in [3.05, 3.63) is 87.0 Å². The van der Waals surface area contributed by atoms with Crippen LogP contribution in [0.3, 0.4) is 0 Å². The molecule has 4 rings (SSSR count). The molecule has 0 aliphatic carbocycles. The van der Waals surface area contributed by atoms with Gasteiger partial charge in [0, 0.05) is 23.6 Å². The van der Waals surface area contributed by atoms with Crippen LogP contribution < -0.4 is 5.76 Å². The molecule has 0 radical (unpaired) electrons. The van der Waals surface area contributed by atoms with Gasteiger partial charge in [-0.3, -0.25) is 4.57 Å². The molecule has 0 saturated carbocycles. The number of esters is 1. The second-order valence-corrected chi connectivity index (χ2v) is 8.87.